The SMILES string of the molecule is [CH]1CC(c2ccccc2)C[N]1. The molecule has 56 valence electrons. The Morgan fingerprint density at radius 1 is 1.18 bits per heavy atom. The number of nitrogens with zero attached hydrogens (tertiary/aromatic N) is 1. The zero-order valence-corrected chi connectivity index (χ0v) is 6.40. The van der Waals surface area contributed by atoms with E-state index in [0.29, 0.717) is 5.92 Å². The van der Waals surface area contributed by atoms with Crippen LogP contribution in [0, 0.1) is 6.54 Å². The normalized spacial score (nSPS) is 23.8. The van der Waals surface area contributed by atoms with Crippen LogP contribution < -0.4 is 5.32 Å². The molecule has 1 aliphatic heterocycles. The second-order valence-corrected chi connectivity index (χ2v) is 2.89. The van der Waals surface area contributed by atoms with Crippen molar-refractivity contribution in [2.45, 2.75) is 12.3 Å². The largest absolute Gasteiger partial charge is 0.236 e. The van der Waals surface area contributed by atoms with Crippen LogP contribution in [0.5, 0.6) is 0 Å². The fourth-order valence-electron chi connectivity index (χ4n) is 1.44. The van der Waals surface area contributed by atoms with Gasteiger partial charge in [-0.25, -0.2) is 5.32 Å². The Kier molecular flexibility index (Phi) is 1.91. The van der Waals surface area contributed by atoms with Crippen LogP contribution in [0.1, 0.15) is 17.9 Å². The molecule has 11 heavy (non-hydrogen) atoms. The third kappa shape index (κ3) is 1.43. The van der Waals surface area contributed by atoms with Gasteiger partial charge in [-0.3, -0.25) is 0 Å². The van der Waals surface area contributed by atoms with Crippen molar-refractivity contribution >= 4 is 0 Å². The molecule has 1 nitrogen and oxygen atoms in total. The average Bonchev–Trinajstić information content (AvgIpc) is 2.58. The van der Waals surface area contributed by atoms with Crippen LogP contribution in [0.2, 0.25) is 0 Å². The first-order valence-corrected chi connectivity index (χ1v) is 4.00. The van der Waals surface area contributed by atoms with E-state index in [0.717, 1.165) is 13.0 Å². The summed E-state index contributed by atoms with van der Waals surface area (Å²) in [5, 5.41) is 4.22. The molecule has 2 radical (unpaired) electrons. The Morgan fingerprint density at radius 2 is 2.00 bits per heavy atom. The Hall–Kier alpha value is -0.820. The van der Waals surface area contributed by atoms with Crippen molar-refractivity contribution < 1.29 is 0 Å². The highest BCUT2D eigenvalue weighted by Crippen LogP contribution is 2.23. The lowest BCUT2D eigenvalue weighted by atomic mass is 9.99. The Balaban J connectivity index is 2.16. The summed E-state index contributed by atoms with van der Waals surface area (Å²) in [5.41, 5.74) is 1.42. The van der Waals surface area contributed by atoms with E-state index in [1.165, 1.54) is 5.56 Å². The minimum Gasteiger partial charge on any atom is -0.236 e. The highest BCUT2D eigenvalue weighted by Gasteiger charge is 2.16. The number of rotatable bonds is 1. The van der Waals surface area contributed by atoms with Crippen LogP contribution in [0.4, 0.5) is 0 Å². The molecule has 1 saturated heterocycles. The molecule has 1 heteroatoms. The summed E-state index contributed by atoms with van der Waals surface area (Å²) in [7, 11) is 0. The minimum absolute atomic E-state index is 0.649. The maximum atomic E-state index is 4.22. The summed E-state index contributed by atoms with van der Waals surface area (Å²) < 4.78 is 0. The van der Waals surface area contributed by atoms with Crippen LogP contribution in [-0.4, -0.2) is 6.54 Å². The topological polar surface area (TPSA) is 14.1 Å². The molecule has 1 unspecified atom stereocenters. The van der Waals surface area contributed by atoms with Gasteiger partial charge in [0.1, 0.15) is 0 Å². The summed E-state index contributed by atoms with van der Waals surface area (Å²) in [6.07, 6.45) is 1.12. The minimum atomic E-state index is 0.649. The summed E-state index contributed by atoms with van der Waals surface area (Å²) in [6.45, 7) is 3.00. The highest BCUT2D eigenvalue weighted by molar-refractivity contribution is 5.21. The first-order chi connectivity index (χ1) is 5.47. The van der Waals surface area contributed by atoms with Crippen LogP contribution in [0.15, 0.2) is 30.3 Å². The third-order valence-corrected chi connectivity index (χ3v) is 2.12. The van der Waals surface area contributed by atoms with E-state index in [2.05, 4.69) is 35.6 Å². The van der Waals surface area contributed by atoms with E-state index in [1.807, 2.05) is 6.54 Å². The van der Waals surface area contributed by atoms with Crippen molar-refractivity contribution in [3.05, 3.63) is 42.4 Å². The summed E-state index contributed by atoms with van der Waals surface area (Å²) in [6, 6.07) is 10.6. The molecular formula is C10H11N. The van der Waals surface area contributed by atoms with Crippen LogP contribution in [0.3, 0.4) is 0 Å². The quantitative estimate of drug-likeness (QED) is 0.573. The predicted molar refractivity (Wildman–Crippen MR) is 45.1 cm³/mol. The molecule has 1 atom stereocenters. The number of hydrogen-bond acceptors (Lipinski definition) is 0. The zero-order valence-electron chi connectivity index (χ0n) is 6.40. The molecular weight excluding hydrogens is 134 g/mol. The van der Waals surface area contributed by atoms with Gasteiger partial charge >= 0.3 is 0 Å². The van der Waals surface area contributed by atoms with Gasteiger partial charge in [-0.05, 0) is 17.9 Å². The van der Waals surface area contributed by atoms with Gasteiger partial charge in [0.2, 0.25) is 0 Å². The Bertz CT molecular complexity index is 212. The third-order valence-electron chi connectivity index (χ3n) is 2.12. The molecule has 1 fully saturated rings. The van der Waals surface area contributed by atoms with Crippen molar-refractivity contribution in [1.82, 2.24) is 5.32 Å². The first-order valence-electron chi connectivity index (χ1n) is 4.00. The van der Waals surface area contributed by atoms with Gasteiger partial charge in [0.15, 0.2) is 0 Å². The van der Waals surface area contributed by atoms with Gasteiger partial charge in [0, 0.05) is 13.1 Å². The molecule has 1 aromatic rings. The lowest BCUT2D eigenvalue weighted by molar-refractivity contribution is 0.759. The van der Waals surface area contributed by atoms with Gasteiger partial charge in [-0.1, -0.05) is 30.3 Å². The smallest absolute Gasteiger partial charge is 0.0422 e. The van der Waals surface area contributed by atoms with Crippen molar-refractivity contribution in [3.8, 4) is 0 Å². The van der Waals surface area contributed by atoms with Crippen molar-refractivity contribution in [2.75, 3.05) is 6.54 Å². The van der Waals surface area contributed by atoms with Crippen LogP contribution >= 0.6 is 0 Å². The lowest BCUT2D eigenvalue weighted by Gasteiger charge is -2.06. The Labute approximate surface area is 67.4 Å². The molecule has 2 rings (SSSR count). The second-order valence-electron chi connectivity index (χ2n) is 2.89. The van der Waals surface area contributed by atoms with Crippen LogP contribution in [-0.2, 0) is 0 Å². The van der Waals surface area contributed by atoms with E-state index in [-0.39, 0.29) is 0 Å². The van der Waals surface area contributed by atoms with E-state index < -0.39 is 0 Å². The fourth-order valence-corrected chi connectivity index (χ4v) is 1.44. The molecule has 0 aliphatic carbocycles. The lowest BCUT2D eigenvalue weighted by Crippen LogP contribution is -1.99. The molecule has 0 aromatic heterocycles. The van der Waals surface area contributed by atoms with Crippen molar-refractivity contribution in [2.24, 2.45) is 0 Å². The molecule has 1 heterocycles. The molecule has 0 amide bonds. The van der Waals surface area contributed by atoms with Gasteiger partial charge < -0.3 is 0 Å². The molecule has 0 saturated carbocycles. The van der Waals surface area contributed by atoms with E-state index in [9.17, 15) is 0 Å². The fraction of sp³-hybridized carbons (Fsp3) is 0.300. The van der Waals surface area contributed by atoms with Gasteiger partial charge in [-0.15, -0.1) is 0 Å². The van der Waals surface area contributed by atoms with E-state index in [1.54, 1.807) is 0 Å². The molecule has 0 bridgehead atoms. The van der Waals surface area contributed by atoms with Gasteiger partial charge in [0.05, 0.1) is 0 Å². The maximum Gasteiger partial charge on any atom is 0.0422 e. The number of benzene rings is 1. The first kappa shape index (κ1) is 6.86. The van der Waals surface area contributed by atoms with E-state index in [4.69, 9.17) is 0 Å². The Morgan fingerprint density at radius 3 is 2.64 bits per heavy atom. The average molecular weight is 145 g/mol. The summed E-state index contributed by atoms with van der Waals surface area (Å²) >= 11 is 0. The van der Waals surface area contributed by atoms with Crippen LogP contribution in [0.25, 0.3) is 0 Å². The van der Waals surface area contributed by atoms with Crippen molar-refractivity contribution in [3.63, 3.8) is 0 Å². The second kappa shape index (κ2) is 3.05. The maximum absolute atomic E-state index is 4.22. The number of hydrogen-bond donors (Lipinski definition) is 0. The van der Waals surface area contributed by atoms with Gasteiger partial charge in [0.25, 0.3) is 0 Å². The molecule has 1 aromatic carbocycles. The monoisotopic (exact) mass is 145 g/mol. The predicted octanol–water partition coefficient (Wildman–Crippen LogP) is 1.94. The summed E-state index contributed by atoms with van der Waals surface area (Å²) in [4.78, 5) is 0. The summed E-state index contributed by atoms with van der Waals surface area (Å²) in [5.74, 6) is 0.649. The molecule has 0 spiro atoms. The molecule has 0 N–H and O–H groups in total. The standard InChI is InChI=1S/C10H11N/c1-2-4-9(5-3-1)10-6-7-11-8-10/h1-5,7,10H,6,8H2. The van der Waals surface area contributed by atoms with Crippen molar-refractivity contribution in [1.29, 1.82) is 0 Å². The highest BCUT2D eigenvalue weighted by atomic mass is 14.9. The molecule has 1 aliphatic rings. The van der Waals surface area contributed by atoms with Gasteiger partial charge in [-0.2, -0.15) is 0 Å². The zero-order chi connectivity index (χ0) is 7.52. The van der Waals surface area contributed by atoms with E-state index >= 15 is 0 Å².